The van der Waals surface area contributed by atoms with Gasteiger partial charge in [0.05, 0.1) is 31.8 Å². The highest BCUT2D eigenvalue weighted by Gasteiger charge is 2.43. The lowest BCUT2D eigenvalue weighted by atomic mass is 9.95. The number of hydrogen-bond donors (Lipinski definition) is 2. The van der Waals surface area contributed by atoms with Crippen molar-refractivity contribution in [3.05, 3.63) is 81.3 Å². The maximum Gasteiger partial charge on any atom is 0.326 e. The minimum Gasteiger partial charge on any atom is -0.496 e. The number of hydrogen-bond acceptors (Lipinski definition) is 7. The number of rotatable bonds is 14. The Labute approximate surface area is 266 Å². The highest BCUT2D eigenvalue weighted by Crippen LogP contribution is 2.35. The molecule has 2 N–H and O–H groups in total. The molecule has 0 aromatic heterocycles. The molecule has 1 aliphatic heterocycles. The van der Waals surface area contributed by atoms with E-state index in [1.807, 2.05) is 31.2 Å². The largest absolute Gasteiger partial charge is 0.496 e. The Balaban J connectivity index is 1.44. The van der Waals surface area contributed by atoms with Gasteiger partial charge in [0.1, 0.15) is 17.8 Å². The van der Waals surface area contributed by atoms with Crippen LogP contribution in [0.1, 0.15) is 23.1 Å². The summed E-state index contributed by atoms with van der Waals surface area (Å²) in [7, 11) is -0.857. The van der Waals surface area contributed by atoms with Crippen molar-refractivity contribution in [2.24, 2.45) is 0 Å². The molecule has 13 heteroatoms. The number of amides is 1. The fourth-order valence-electron chi connectivity index (χ4n) is 5.01. The summed E-state index contributed by atoms with van der Waals surface area (Å²) >= 11 is 11.9. The van der Waals surface area contributed by atoms with E-state index < -0.39 is 34.0 Å². The quantitative estimate of drug-likeness (QED) is 0.237. The number of halogens is 2. The third kappa shape index (κ3) is 7.90. The number of aliphatic carboxylic acids is 1. The zero-order valence-electron chi connectivity index (χ0n) is 24.5. The van der Waals surface area contributed by atoms with Gasteiger partial charge in [-0.3, -0.25) is 4.79 Å². The first-order valence-electron chi connectivity index (χ1n) is 13.8. The first kappa shape index (κ1) is 33.7. The van der Waals surface area contributed by atoms with Crippen LogP contribution in [0.2, 0.25) is 10.0 Å². The topological polar surface area (TPSA) is 131 Å². The molecule has 1 heterocycles. The van der Waals surface area contributed by atoms with Crippen molar-refractivity contribution in [3.8, 4) is 16.9 Å². The second-order valence-corrected chi connectivity index (χ2v) is 13.1. The third-order valence-electron chi connectivity index (χ3n) is 7.29. The standard InChI is InChI=1S/C31H34Cl2N2O8S/c1-19-12-21(18-43-11-10-41-2)14-28(42-3)29(19)22-6-4-20(5-7-22)13-26(31(37)38)34-30(36)27-8-9-35(27)44(39,40)25-16-23(32)15-24(33)17-25/h4-7,12,14-17,26-27H,8-11,13,18H2,1-3H3,(H,34,36)(H,37,38)/t26-,27-/m0/s1. The number of sulfonamides is 1. The molecule has 2 atom stereocenters. The summed E-state index contributed by atoms with van der Waals surface area (Å²) in [6.07, 6.45) is 0.248. The molecule has 44 heavy (non-hydrogen) atoms. The molecule has 10 nitrogen and oxygen atoms in total. The van der Waals surface area contributed by atoms with Crippen LogP contribution in [0, 0.1) is 6.92 Å². The molecule has 0 bridgehead atoms. The van der Waals surface area contributed by atoms with Crippen LogP contribution in [0.5, 0.6) is 5.75 Å². The van der Waals surface area contributed by atoms with Gasteiger partial charge in [-0.2, -0.15) is 4.31 Å². The van der Waals surface area contributed by atoms with E-state index >= 15 is 0 Å². The molecule has 0 aliphatic carbocycles. The molecule has 0 unspecified atom stereocenters. The van der Waals surface area contributed by atoms with E-state index in [9.17, 15) is 23.1 Å². The first-order chi connectivity index (χ1) is 20.9. The Kier molecular flexibility index (Phi) is 11.3. The highest BCUT2D eigenvalue weighted by molar-refractivity contribution is 7.89. The average molecular weight is 666 g/mol. The summed E-state index contributed by atoms with van der Waals surface area (Å²) < 4.78 is 43.6. The van der Waals surface area contributed by atoms with Crippen LogP contribution >= 0.6 is 23.2 Å². The van der Waals surface area contributed by atoms with Crippen molar-refractivity contribution >= 4 is 45.1 Å². The van der Waals surface area contributed by atoms with Crippen LogP contribution in [0.25, 0.3) is 11.1 Å². The van der Waals surface area contributed by atoms with Crippen molar-refractivity contribution in [2.75, 3.05) is 34.0 Å². The maximum atomic E-state index is 13.1. The summed E-state index contributed by atoms with van der Waals surface area (Å²) in [6.45, 7) is 3.49. The summed E-state index contributed by atoms with van der Waals surface area (Å²) in [4.78, 5) is 25.0. The van der Waals surface area contributed by atoms with Gasteiger partial charge in [-0.25, -0.2) is 13.2 Å². The molecule has 1 aliphatic rings. The molecule has 1 fully saturated rings. The molecule has 1 saturated heterocycles. The number of aryl methyl sites for hydroxylation is 1. The molecule has 236 valence electrons. The number of carbonyl (C=O) groups excluding carboxylic acids is 1. The zero-order valence-corrected chi connectivity index (χ0v) is 26.8. The number of nitrogens with one attached hydrogen (secondary N) is 1. The third-order valence-corrected chi connectivity index (χ3v) is 9.61. The van der Waals surface area contributed by atoms with Crippen LogP contribution < -0.4 is 10.1 Å². The van der Waals surface area contributed by atoms with E-state index in [2.05, 4.69) is 5.32 Å². The number of carbonyl (C=O) groups is 2. The highest BCUT2D eigenvalue weighted by atomic mass is 35.5. The lowest BCUT2D eigenvalue weighted by Gasteiger charge is -2.38. The number of benzene rings is 3. The average Bonchev–Trinajstić information content (AvgIpc) is 2.94. The molecule has 0 radical (unpaired) electrons. The van der Waals surface area contributed by atoms with E-state index in [1.165, 1.54) is 18.2 Å². The minimum atomic E-state index is -4.07. The van der Waals surface area contributed by atoms with Gasteiger partial charge in [0.25, 0.3) is 0 Å². The normalized spacial score (nSPS) is 15.8. The lowest BCUT2D eigenvalue weighted by molar-refractivity contribution is -0.143. The van der Waals surface area contributed by atoms with Crippen LogP contribution in [0.4, 0.5) is 0 Å². The Morgan fingerprint density at radius 3 is 2.27 bits per heavy atom. The van der Waals surface area contributed by atoms with Gasteiger partial charge in [-0.1, -0.05) is 53.5 Å². The fraction of sp³-hybridized carbons (Fsp3) is 0.355. The van der Waals surface area contributed by atoms with Crippen molar-refractivity contribution in [2.45, 2.75) is 43.4 Å². The molecule has 4 rings (SSSR count). The molecule has 1 amide bonds. The minimum absolute atomic E-state index is 0.00140. The SMILES string of the molecule is COCCOCc1cc(C)c(-c2ccc(C[C@H](NC(=O)[C@@H]3CCN3S(=O)(=O)c3cc(Cl)cc(Cl)c3)C(=O)O)cc2)c(OC)c1. The van der Waals surface area contributed by atoms with Gasteiger partial charge in [-0.15, -0.1) is 0 Å². The van der Waals surface area contributed by atoms with Gasteiger partial charge < -0.3 is 24.6 Å². The van der Waals surface area contributed by atoms with Crippen molar-refractivity contribution < 1.29 is 37.3 Å². The Bertz CT molecular complexity index is 1600. The second-order valence-electron chi connectivity index (χ2n) is 10.4. The smallest absolute Gasteiger partial charge is 0.326 e. The number of carboxylic acid groups (broad SMARTS) is 1. The van der Waals surface area contributed by atoms with Crippen LogP contribution in [0.15, 0.2) is 59.5 Å². The Morgan fingerprint density at radius 2 is 1.70 bits per heavy atom. The van der Waals surface area contributed by atoms with Gasteiger partial charge in [0.2, 0.25) is 15.9 Å². The summed E-state index contributed by atoms with van der Waals surface area (Å²) in [6, 6.07) is 12.9. The predicted molar refractivity (Wildman–Crippen MR) is 167 cm³/mol. The first-order valence-corrected chi connectivity index (χ1v) is 16.0. The number of methoxy groups -OCH3 is 2. The zero-order chi connectivity index (χ0) is 32.0. The lowest BCUT2D eigenvalue weighted by Crippen LogP contribution is -2.60. The van der Waals surface area contributed by atoms with Crippen LogP contribution in [-0.4, -0.2) is 75.8 Å². The maximum absolute atomic E-state index is 13.1. The molecular formula is C31H34Cl2N2O8S. The van der Waals surface area contributed by atoms with Crippen molar-refractivity contribution in [3.63, 3.8) is 0 Å². The van der Waals surface area contributed by atoms with Crippen molar-refractivity contribution in [1.82, 2.24) is 9.62 Å². The second kappa shape index (κ2) is 14.7. The Morgan fingerprint density at radius 1 is 1.02 bits per heavy atom. The molecule has 3 aromatic rings. The molecule has 3 aromatic carbocycles. The monoisotopic (exact) mass is 664 g/mol. The Hall–Kier alpha value is -3.19. The van der Waals surface area contributed by atoms with Gasteiger partial charge in [0, 0.05) is 35.7 Å². The fourth-order valence-corrected chi connectivity index (χ4v) is 7.37. The van der Waals surface area contributed by atoms with E-state index in [-0.39, 0.29) is 34.3 Å². The van der Waals surface area contributed by atoms with E-state index in [0.29, 0.717) is 31.1 Å². The summed E-state index contributed by atoms with van der Waals surface area (Å²) in [5.74, 6) is -1.25. The predicted octanol–water partition coefficient (Wildman–Crippen LogP) is 4.72. The van der Waals surface area contributed by atoms with E-state index in [0.717, 1.165) is 26.6 Å². The summed E-state index contributed by atoms with van der Waals surface area (Å²) in [5.41, 5.74) is 4.40. The van der Waals surface area contributed by atoms with Crippen LogP contribution in [-0.2, 0) is 42.1 Å². The summed E-state index contributed by atoms with van der Waals surface area (Å²) in [5, 5.41) is 12.7. The van der Waals surface area contributed by atoms with Crippen LogP contribution in [0.3, 0.4) is 0 Å². The molecular weight excluding hydrogens is 631 g/mol. The van der Waals surface area contributed by atoms with E-state index in [4.69, 9.17) is 37.4 Å². The van der Waals surface area contributed by atoms with Crippen molar-refractivity contribution in [1.29, 1.82) is 0 Å². The number of nitrogens with zero attached hydrogens (tertiary/aromatic N) is 1. The number of ether oxygens (including phenoxy) is 3. The number of carboxylic acids is 1. The van der Waals surface area contributed by atoms with Gasteiger partial charge >= 0.3 is 5.97 Å². The molecule has 0 spiro atoms. The molecule has 0 saturated carbocycles. The van der Waals surface area contributed by atoms with Gasteiger partial charge in [0.15, 0.2) is 0 Å². The van der Waals surface area contributed by atoms with Gasteiger partial charge in [-0.05, 0) is 59.9 Å². The van der Waals surface area contributed by atoms with E-state index in [1.54, 1.807) is 26.4 Å².